The highest BCUT2D eigenvalue weighted by molar-refractivity contribution is 6.02. The Morgan fingerprint density at radius 3 is 2.44 bits per heavy atom. The summed E-state index contributed by atoms with van der Waals surface area (Å²) in [5.74, 6) is -2.16. The third kappa shape index (κ3) is 7.84. The normalized spacial score (nSPS) is 15.6. The van der Waals surface area contributed by atoms with Crippen molar-refractivity contribution in [2.45, 2.75) is 32.2 Å². The molecule has 1 amide bonds. The molecule has 1 aromatic heterocycles. The number of nitrogens with zero attached hydrogens (tertiary/aromatic N) is 1. The lowest BCUT2D eigenvalue weighted by Crippen LogP contribution is -2.24. The molecular weight excluding hydrogens is 484 g/mol. The summed E-state index contributed by atoms with van der Waals surface area (Å²) >= 11 is 0. The van der Waals surface area contributed by atoms with Gasteiger partial charge in [0.05, 0.1) is 6.26 Å². The molecule has 11 heteroatoms. The van der Waals surface area contributed by atoms with Crippen LogP contribution in [0.15, 0.2) is 65.3 Å². The molecule has 7 nitrogen and oxygen atoms in total. The molecule has 0 spiro atoms. The summed E-state index contributed by atoms with van der Waals surface area (Å²) < 4.78 is 56.1. The number of hydrogen-bond donors (Lipinski definition) is 2. The summed E-state index contributed by atoms with van der Waals surface area (Å²) in [6.07, 6.45) is -2.56. The van der Waals surface area contributed by atoms with Crippen molar-refractivity contribution in [2.75, 3.05) is 18.4 Å². The largest absolute Gasteiger partial charge is 0.490 e. The number of aliphatic carboxylic acids is 1. The van der Waals surface area contributed by atoms with Gasteiger partial charge in [-0.25, -0.2) is 9.18 Å². The molecule has 3 aromatic rings. The van der Waals surface area contributed by atoms with Crippen LogP contribution in [0.25, 0.3) is 0 Å². The van der Waals surface area contributed by atoms with E-state index >= 15 is 0 Å². The highest BCUT2D eigenvalue weighted by Gasteiger charge is 2.38. The fourth-order valence-electron chi connectivity index (χ4n) is 3.52. The second-order valence-electron chi connectivity index (χ2n) is 8.10. The number of amides is 1. The predicted molar refractivity (Wildman–Crippen MR) is 122 cm³/mol. The molecule has 1 saturated heterocycles. The van der Waals surface area contributed by atoms with Crippen LogP contribution in [0.5, 0.6) is 5.75 Å². The van der Waals surface area contributed by atoms with Crippen LogP contribution in [0, 0.1) is 12.7 Å². The van der Waals surface area contributed by atoms with Crippen molar-refractivity contribution in [3.05, 3.63) is 83.6 Å². The van der Waals surface area contributed by atoms with Crippen LogP contribution in [-0.2, 0) is 11.3 Å². The minimum atomic E-state index is -5.08. The molecule has 192 valence electrons. The van der Waals surface area contributed by atoms with E-state index < -0.39 is 12.1 Å². The Hall–Kier alpha value is -3.86. The Kier molecular flexibility index (Phi) is 8.70. The van der Waals surface area contributed by atoms with Crippen LogP contribution in [0.1, 0.15) is 28.1 Å². The van der Waals surface area contributed by atoms with E-state index in [4.69, 9.17) is 19.1 Å². The van der Waals surface area contributed by atoms with E-state index in [1.807, 2.05) is 37.3 Å². The second-order valence-corrected chi connectivity index (χ2v) is 8.10. The summed E-state index contributed by atoms with van der Waals surface area (Å²) in [5, 5.41) is 9.95. The van der Waals surface area contributed by atoms with E-state index in [1.54, 1.807) is 12.1 Å². The number of hydrogen-bond acceptors (Lipinski definition) is 5. The fourth-order valence-corrected chi connectivity index (χ4v) is 3.52. The average molecular weight is 508 g/mol. The Labute approximate surface area is 204 Å². The van der Waals surface area contributed by atoms with Crippen molar-refractivity contribution in [1.29, 1.82) is 0 Å². The topological polar surface area (TPSA) is 92.0 Å². The summed E-state index contributed by atoms with van der Waals surface area (Å²) in [5.41, 5.74) is 2.75. The lowest BCUT2D eigenvalue weighted by atomic mass is 10.2. The van der Waals surface area contributed by atoms with Crippen LogP contribution < -0.4 is 10.1 Å². The van der Waals surface area contributed by atoms with Gasteiger partial charge in [0.2, 0.25) is 0 Å². The lowest BCUT2D eigenvalue weighted by molar-refractivity contribution is -0.192. The van der Waals surface area contributed by atoms with Gasteiger partial charge in [-0.1, -0.05) is 12.1 Å². The van der Waals surface area contributed by atoms with Gasteiger partial charge in [0, 0.05) is 25.3 Å². The molecule has 1 aliphatic rings. The molecule has 2 aromatic carbocycles. The third-order valence-corrected chi connectivity index (χ3v) is 5.26. The Morgan fingerprint density at radius 2 is 1.86 bits per heavy atom. The smallest absolute Gasteiger partial charge is 0.489 e. The standard InChI is InChI=1S/C23H23FN2O3.C2HF3O2/c1-16-13-19(25-23(27)22-3-2-12-28-22)8-9-21(16)29-20-10-11-26(15-20)14-17-4-6-18(24)7-5-17;3-2(4,5)1(6)7/h2-9,12-13,20H,10-11,14-15H2,1H3,(H,25,27);(H,6,7). The van der Waals surface area contributed by atoms with Crippen LogP contribution in [0.4, 0.5) is 23.2 Å². The van der Waals surface area contributed by atoms with E-state index in [-0.39, 0.29) is 23.6 Å². The average Bonchev–Trinajstić information content (AvgIpc) is 3.50. The molecule has 1 atom stereocenters. The molecule has 0 saturated carbocycles. The number of ether oxygens (including phenoxy) is 1. The number of anilines is 1. The van der Waals surface area contributed by atoms with Crippen LogP contribution in [0.2, 0.25) is 0 Å². The third-order valence-electron chi connectivity index (χ3n) is 5.26. The highest BCUT2D eigenvalue weighted by Crippen LogP contribution is 2.26. The molecular formula is C25H24F4N2O5. The SMILES string of the molecule is Cc1cc(NC(=O)c2ccco2)ccc1OC1CCN(Cc2ccc(F)cc2)C1.O=C(O)C(F)(F)F. The number of rotatable bonds is 6. The number of furan rings is 1. The first kappa shape index (κ1) is 26.7. The van der Waals surface area contributed by atoms with Crippen molar-refractivity contribution in [3.63, 3.8) is 0 Å². The number of carboxylic acids is 1. The molecule has 0 radical (unpaired) electrons. The highest BCUT2D eigenvalue weighted by atomic mass is 19.4. The minimum absolute atomic E-state index is 0.109. The van der Waals surface area contributed by atoms with Gasteiger partial charge in [0.1, 0.15) is 17.7 Å². The number of likely N-dealkylation sites (tertiary alicyclic amines) is 1. The molecule has 1 unspecified atom stereocenters. The zero-order chi connectivity index (χ0) is 26.3. The zero-order valence-corrected chi connectivity index (χ0v) is 19.2. The summed E-state index contributed by atoms with van der Waals surface area (Å²) in [4.78, 5) is 23.3. The summed E-state index contributed by atoms with van der Waals surface area (Å²) in [6, 6.07) is 15.5. The maximum absolute atomic E-state index is 13.1. The first-order valence-electron chi connectivity index (χ1n) is 10.9. The first-order valence-corrected chi connectivity index (χ1v) is 10.9. The number of alkyl halides is 3. The number of carbonyl (C=O) groups excluding carboxylic acids is 1. The Bertz CT molecular complexity index is 1160. The molecule has 1 fully saturated rings. The van der Waals surface area contributed by atoms with Crippen molar-refractivity contribution in [1.82, 2.24) is 4.90 Å². The molecule has 4 rings (SSSR count). The van der Waals surface area contributed by atoms with Crippen LogP contribution in [0.3, 0.4) is 0 Å². The fraction of sp³-hybridized carbons (Fsp3) is 0.280. The zero-order valence-electron chi connectivity index (χ0n) is 19.2. The number of halogens is 4. The Balaban J connectivity index is 0.000000454. The molecule has 1 aliphatic heterocycles. The number of benzene rings is 2. The minimum Gasteiger partial charge on any atom is -0.489 e. The van der Waals surface area contributed by atoms with E-state index in [1.165, 1.54) is 18.4 Å². The molecule has 0 aliphatic carbocycles. The van der Waals surface area contributed by atoms with Gasteiger partial charge in [0.25, 0.3) is 5.91 Å². The van der Waals surface area contributed by atoms with Gasteiger partial charge in [0.15, 0.2) is 5.76 Å². The summed E-state index contributed by atoms with van der Waals surface area (Å²) in [7, 11) is 0. The lowest BCUT2D eigenvalue weighted by Gasteiger charge is -2.18. The molecule has 2 heterocycles. The molecule has 2 N–H and O–H groups in total. The maximum atomic E-state index is 13.1. The van der Waals surface area contributed by atoms with Gasteiger partial charge in [-0.05, 0) is 66.9 Å². The number of aryl methyl sites for hydroxylation is 1. The first-order chi connectivity index (χ1) is 17.0. The van der Waals surface area contributed by atoms with Crippen LogP contribution >= 0.6 is 0 Å². The van der Waals surface area contributed by atoms with Crippen molar-refractivity contribution >= 4 is 17.6 Å². The van der Waals surface area contributed by atoms with Gasteiger partial charge >= 0.3 is 12.1 Å². The van der Waals surface area contributed by atoms with E-state index in [0.717, 1.165) is 42.9 Å². The monoisotopic (exact) mass is 508 g/mol. The number of carboxylic acid groups (broad SMARTS) is 1. The Morgan fingerprint density at radius 1 is 1.17 bits per heavy atom. The molecule has 0 bridgehead atoms. The second kappa shape index (κ2) is 11.7. The predicted octanol–water partition coefficient (Wildman–Crippen LogP) is 5.27. The number of carbonyl (C=O) groups is 2. The number of nitrogens with one attached hydrogen (secondary N) is 1. The van der Waals surface area contributed by atoms with Gasteiger partial charge < -0.3 is 19.6 Å². The van der Waals surface area contributed by atoms with Gasteiger partial charge in [-0.15, -0.1) is 0 Å². The quantitative estimate of drug-likeness (QED) is 0.441. The van der Waals surface area contributed by atoms with Gasteiger partial charge in [-0.2, -0.15) is 13.2 Å². The van der Waals surface area contributed by atoms with Gasteiger partial charge in [-0.3, -0.25) is 9.69 Å². The van der Waals surface area contributed by atoms with E-state index in [2.05, 4.69) is 10.2 Å². The van der Waals surface area contributed by atoms with Crippen LogP contribution in [-0.4, -0.2) is 47.3 Å². The van der Waals surface area contributed by atoms with Crippen molar-refractivity contribution in [2.24, 2.45) is 0 Å². The summed E-state index contributed by atoms with van der Waals surface area (Å²) in [6.45, 7) is 4.52. The van der Waals surface area contributed by atoms with Crippen molar-refractivity contribution < 1.29 is 41.4 Å². The van der Waals surface area contributed by atoms with E-state index in [0.29, 0.717) is 5.69 Å². The molecule has 36 heavy (non-hydrogen) atoms. The van der Waals surface area contributed by atoms with Crippen molar-refractivity contribution in [3.8, 4) is 5.75 Å². The maximum Gasteiger partial charge on any atom is 0.490 e. The van der Waals surface area contributed by atoms with E-state index in [9.17, 15) is 22.4 Å².